The Kier molecular flexibility index (Phi) is 5.14. The molecule has 0 unspecified atom stereocenters. The summed E-state index contributed by atoms with van der Waals surface area (Å²) in [4.78, 5) is 0. The monoisotopic (exact) mass is 320 g/mol. The first-order valence-electron chi connectivity index (χ1n) is 5.44. The topological polar surface area (TPSA) is 18.5 Å². The smallest absolute Gasteiger partial charge is 0.162 e. The van der Waals surface area contributed by atoms with Gasteiger partial charge in [0, 0.05) is 16.4 Å². The Labute approximate surface area is 116 Å². The summed E-state index contributed by atoms with van der Waals surface area (Å²) in [5.74, 6) is 1.38. The number of methoxy groups -OCH3 is 2. The molecule has 0 saturated carbocycles. The zero-order valence-electron chi connectivity index (χ0n) is 10.6. The lowest BCUT2D eigenvalue weighted by Gasteiger charge is -2.26. The van der Waals surface area contributed by atoms with Crippen LogP contribution in [-0.2, 0) is 5.41 Å². The number of benzene rings is 1. The highest BCUT2D eigenvalue weighted by Gasteiger charge is 2.24. The van der Waals surface area contributed by atoms with Gasteiger partial charge in [-0.05, 0) is 23.5 Å². The molecule has 0 amide bonds. The van der Waals surface area contributed by atoms with E-state index in [-0.39, 0.29) is 5.41 Å². The van der Waals surface area contributed by atoms with E-state index in [1.54, 1.807) is 14.2 Å². The fourth-order valence-electron chi connectivity index (χ4n) is 1.74. The largest absolute Gasteiger partial charge is 0.493 e. The third-order valence-electron chi connectivity index (χ3n) is 2.92. The van der Waals surface area contributed by atoms with Gasteiger partial charge < -0.3 is 9.47 Å². The van der Waals surface area contributed by atoms with Crippen LogP contribution in [0.25, 0.3) is 0 Å². The van der Waals surface area contributed by atoms with Crippen molar-refractivity contribution in [1.82, 2.24) is 0 Å². The molecule has 0 saturated heterocycles. The quantitative estimate of drug-likeness (QED) is 0.747. The third kappa shape index (κ3) is 3.29. The average molecular weight is 322 g/mol. The minimum atomic E-state index is 0.000134. The molecule has 1 rings (SSSR count). The first-order chi connectivity index (χ1) is 7.96. The predicted molar refractivity (Wildman–Crippen MR) is 76.0 cm³/mol. The predicted octanol–water partition coefficient (Wildman–Crippen LogP) is 4.42. The van der Waals surface area contributed by atoms with Crippen molar-refractivity contribution < 1.29 is 9.47 Å². The van der Waals surface area contributed by atoms with E-state index < -0.39 is 0 Å². The molecule has 0 aliphatic rings. The van der Waals surface area contributed by atoms with Crippen LogP contribution in [0, 0.1) is 0 Å². The summed E-state index contributed by atoms with van der Waals surface area (Å²) < 4.78 is 10.5. The van der Waals surface area contributed by atoms with E-state index in [2.05, 4.69) is 29.8 Å². The highest BCUT2D eigenvalue weighted by atomic mass is 79.9. The van der Waals surface area contributed by atoms with Crippen molar-refractivity contribution in [2.24, 2.45) is 0 Å². The second-order valence-electron chi connectivity index (χ2n) is 4.51. The molecule has 0 spiro atoms. The van der Waals surface area contributed by atoms with Gasteiger partial charge in [-0.2, -0.15) is 0 Å². The molecule has 17 heavy (non-hydrogen) atoms. The maximum atomic E-state index is 6.31. The molecule has 96 valence electrons. The van der Waals surface area contributed by atoms with Gasteiger partial charge >= 0.3 is 0 Å². The zero-order chi connectivity index (χ0) is 13.1. The van der Waals surface area contributed by atoms with Crippen LogP contribution in [0.15, 0.2) is 12.1 Å². The van der Waals surface area contributed by atoms with E-state index in [9.17, 15) is 0 Å². The van der Waals surface area contributed by atoms with Crippen molar-refractivity contribution >= 4 is 27.5 Å². The van der Waals surface area contributed by atoms with Gasteiger partial charge in [0.05, 0.1) is 14.2 Å². The standard InChI is InChI=1S/C13H18BrClO2/c1-13(2,5-6-14)9-7-11(16-3)12(17-4)8-10(9)15/h7-8H,5-6H2,1-4H3. The van der Waals surface area contributed by atoms with Crippen molar-refractivity contribution in [3.63, 3.8) is 0 Å². The van der Waals surface area contributed by atoms with E-state index in [0.29, 0.717) is 10.8 Å². The van der Waals surface area contributed by atoms with Crippen LogP contribution in [0.4, 0.5) is 0 Å². The van der Waals surface area contributed by atoms with Crippen molar-refractivity contribution in [2.45, 2.75) is 25.7 Å². The van der Waals surface area contributed by atoms with Crippen LogP contribution in [0.5, 0.6) is 11.5 Å². The molecule has 0 atom stereocenters. The first kappa shape index (κ1) is 14.7. The average Bonchev–Trinajstić information content (AvgIpc) is 2.28. The Morgan fingerprint density at radius 1 is 1.18 bits per heavy atom. The summed E-state index contributed by atoms with van der Waals surface area (Å²) in [6, 6.07) is 3.77. The molecular formula is C13H18BrClO2. The SMILES string of the molecule is COc1cc(Cl)c(C(C)(C)CCBr)cc1OC. The molecule has 0 N–H and O–H groups in total. The lowest BCUT2D eigenvalue weighted by Crippen LogP contribution is -2.18. The molecular weight excluding hydrogens is 303 g/mol. The molecule has 0 heterocycles. The van der Waals surface area contributed by atoms with Crippen LogP contribution in [-0.4, -0.2) is 19.5 Å². The van der Waals surface area contributed by atoms with Crippen molar-refractivity contribution in [1.29, 1.82) is 0 Å². The Balaban J connectivity index is 3.25. The summed E-state index contributed by atoms with van der Waals surface area (Å²) >= 11 is 9.78. The van der Waals surface area contributed by atoms with Gasteiger partial charge in [0.25, 0.3) is 0 Å². The second kappa shape index (κ2) is 5.96. The number of alkyl halides is 1. The molecule has 0 aromatic heterocycles. The lowest BCUT2D eigenvalue weighted by atomic mass is 9.82. The highest BCUT2D eigenvalue weighted by molar-refractivity contribution is 9.09. The normalized spacial score (nSPS) is 11.4. The summed E-state index contributed by atoms with van der Waals surface area (Å²) in [6.45, 7) is 4.34. The third-order valence-corrected chi connectivity index (χ3v) is 3.63. The molecule has 0 bridgehead atoms. The first-order valence-corrected chi connectivity index (χ1v) is 6.94. The fourth-order valence-corrected chi connectivity index (χ4v) is 3.14. The van der Waals surface area contributed by atoms with E-state index >= 15 is 0 Å². The van der Waals surface area contributed by atoms with Gasteiger partial charge in [-0.25, -0.2) is 0 Å². The number of hydrogen-bond donors (Lipinski definition) is 0. The van der Waals surface area contributed by atoms with Crippen molar-refractivity contribution in [2.75, 3.05) is 19.5 Å². The van der Waals surface area contributed by atoms with Gasteiger partial charge in [0.2, 0.25) is 0 Å². The molecule has 1 aromatic carbocycles. The molecule has 0 aliphatic heterocycles. The van der Waals surface area contributed by atoms with Gasteiger partial charge in [-0.3, -0.25) is 0 Å². The summed E-state index contributed by atoms with van der Waals surface area (Å²) in [5, 5.41) is 1.65. The van der Waals surface area contributed by atoms with Crippen LogP contribution < -0.4 is 9.47 Å². The highest BCUT2D eigenvalue weighted by Crippen LogP contribution is 2.40. The van der Waals surface area contributed by atoms with Crippen molar-refractivity contribution in [3.8, 4) is 11.5 Å². The minimum Gasteiger partial charge on any atom is -0.493 e. The molecule has 4 heteroatoms. The summed E-state index contributed by atoms with van der Waals surface area (Å²) in [7, 11) is 3.24. The van der Waals surface area contributed by atoms with Gasteiger partial charge in [0.15, 0.2) is 11.5 Å². The number of hydrogen-bond acceptors (Lipinski definition) is 2. The van der Waals surface area contributed by atoms with E-state index in [4.69, 9.17) is 21.1 Å². The second-order valence-corrected chi connectivity index (χ2v) is 5.71. The van der Waals surface area contributed by atoms with Crippen LogP contribution in [0.2, 0.25) is 5.02 Å². The maximum absolute atomic E-state index is 6.31. The van der Waals surface area contributed by atoms with Gasteiger partial charge in [-0.15, -0.1) is 0 Å². The lowest BCUT2D eigenvalue weighted by molar-refractivity contribution is 0.353. The Morgan fingerprint density at radius 2 is 1.71 bits per heavy atom. The van der Waals surface area contributed by atoms with Crippen LogP contribution >= 0.6 is 27.5 Å². The number of ether oxygens (including phenoxy) is 2. The van der Waals surface area contributed by atoms with Gasteiger partial charge in [0.1, 0.15) is 0 Å². The van der Waals surface area contributed by atoms with Gasteiger partial charge in [-0.1, -0.05) is 41.4 Å². The maximum Gasteiger partial charge on any atom is 0.162 e. The number of halogens is 2. The number of rotatable bonds is 5. The van der Waals surface area contributed by atoms with Crippen LogP contribution in [0.1, 0.15) is 25.8 Å². The summed E-state index contributed by atoms with van der Waals surface area (Å²) in [5.41, 5.74) is 1.08. The van der Waals surface area contributed by atoms with Crippen LogP contribution in [0.3, 0.4) is 0 Å². The summed E-state index contributed by atoms with van der Waals surface area (Å²) in [6.07, 6.45) is 1.00. The molecule has 2 nitrogen and oxygen atoms in total. The van der Waals surface area contributed by atoms with E-state index in [0.717, 1.165) is 23.1 Å². The Hall–Kier alpha value is -0.410. The molecule has 0 aliphatic carbocycles. The minimum absolute atomic E-state index is 0.000134. The molecule has 0 radical (unpaired) electrons. The Bertz CT molecular complexity index is 391. The molecule has 1 aromatic rings. The fraction of sp³-hybridized carbons (Fsp3) is 0.538. The van der Waals surface area contributed by atoms with E-state index in [1.165, 1.54) is 0 Å². The van der Waals surface area contributed by atoms with Crippen molar-refractivity contribution in [3.05, 3.63) is 22.7 Å². The zero-order valence-corrected chi connectivity index (χ0v) is 13.0. The Morgan fingerprint density at radius 3 is 2.18 bits per heavy atom. The van der Waals surface area contributed by atoms with E-state index in [1.807, 2.05) is 12.1 Å². The molecule has 0 fully saturated rings.